The van der Waals surface area contributed by atoms with Crippen LogP contribution in [0.25, 0.3) is 0 Å². The highest BCUT2D eigenvalue weighted by atomic mass is 32.2. The van der Waals surface area contributed by atoms with Gasteiger partial charge < -0.3 is 4.74 Å². The third-order valence-corrected chi connectivity index (χ3v) is 5.70. The van der Waals surface area contributed by atoms with E-state index in [2.05, 4.69) is 4.98 Å². The van der Waals surface area contributed by atoms with Gasteiger partial charge in [-0.25, -0.2) is 13.4 Å². The quantitative estimate of drug-likeness (QED) is 0.743. The number of ether oxygens (including phenoxy) is 1. The number of hydrogen-bond acceptors (Lipinski definition) is 6. The van der Waals surface area contributed by atoms with Crippen LogP contribution in [0.4, 0.5) is 0 Å². The zero-order valence-corrected chi connectivity index (χ0v) is 13.0. The monoisotopic (exact) mass is 306 g/mol. The Kier molecular flexibility index (Phi) is 5.45. The Morgan fingerprint density at radius 2 is 2.16 bits per heavy atom. The van der Waals surface area contributed by atoms with Crippen LogP contribution < -0.4 is 0 Å². The summed E-state index contributed by atoms with van der Waals surface area (Å²) in [7, 11) is -3.70. The molecule has 0 bridgehead atoms. The Morgan fingerprint density at radius 3 is 2.58 bits per heavy atom. The summed E-state index contributed by atoms with van der Waals surface area (Å²) >= 11 is 1.09. The van der Waals surface area contributed by atoms with E-state index < -0.39 is 16.0 Å². The first kappa shape index (κ1) is 16.1. The number of hydrogen-bond donors (Lipinski definition) is 0. The maximum Gasteiger partial charge on any atom is 0.321 e. The lowest BCUT2D eigenvalue weighted by Crippen LogP contribution is -2.40. The second-order valence-electron chi connectivity index (χ2n) is 4.15. The van der Waals surface area contributed by atoms with Crippen LogP contribution in [0.5, 0.6) is 0 Å². The van der Waals surface area contributed by atoms with Crippen LogP contribution in [0.2, 0.25) is 0 Å². The number of nitrogens with zero attached hydrogens (tertiary/aromatic N) is 2. The molecule has 0 aliphatic rings. The molecule has 1 aromatic heterocycles. The van der Waals surface area contributed by atoms with Gasteiger partial charge in [-0.2, -0.15) is 4.31 Å². The van der Waals surface area contributed by atoms with E-state index in [4.69, 9.17) is 4.74 Å². The zero-order chi connectivity index (χ0) is 14.6. The molecular weight excluding hydrogens is 288 g/mol. The first-order valence-corrected chi connectivity index (χ1v) is 8.14. The zero-order valence-electron chi connectivity index (χ0n) is 11.4. The summed E-state index contributed by atoms with van der Waals surface area (Å²) in [5.74, 6) is -0.555. The first-order chi connectivity index (χ1) is 8.78. The number of esters is 1. The Bertz CT molecular complexity index is 537. The number of rotatable bonds is 6. The van der Waals surface area contributed by atoms with Crippen molar-refractivity contribution in [2.75, 3.05) is 13.2 Å². The molecule has 108 valence electrons. The normalized spacial score (nSPS) is 12.1. The van der Waals surface area contributed by atoms with Gasteiger partial charge in [0.25, 0.3) is 10.0 Å². The Hall–Kier alpha value is -0.990. The molecular formula is C11H18N2O4S2. The standard InChI is InChI=1S/C11H18N2O4S2/c1-5-17-10(14)7-13(8(2)3)19(15,16)11-6-12-9(4)18-11/h6,8H,5,7H2,1-4H3. The summed E-state index contributed by atoms with van der Waals surface area (Å²) < 4.78 is 30.9. The molecule has 0 aliphatic heterocycles. The van der Waals surface area contributed by atoms with E-state index in [1.165, 1.54) is 6.20 Å². The topological polar surface area (TPSA) is 76.6 Å². The average molecular weight is 306 g/mol. The number of carbonyl (C=O) groups excluding carboxylic acids is 1. The second kappa shape index (κ2) is 6.44. The summed E-state index contributed by atoms with van der Waals surface area (Å²) in [6, 6.07) is -0.336. The minimum Gasteiger partial charge on any atom is -0.465 e. The maximum absolute atomic E-state index is 12.4. The van der Waals surface area contributed by atoms with Crippen molar-refractivity contribution in [3.63, 3.8) is 0 Å². The minimum absolute atomic E-state index is 0.142. The molecule has 1 aromatic rings. The summed E-state index contributed by atoms with van der Waals surface area (Å²) in [6.45, 7) is 6.78. The maximum atomic E-state index is 12.4. The predicted molar refractivity (Wildman–Crippen MR) is 72.5 cm³/mol. The number of carbonyl (C=O) groups is 1. The molecule has 6 nitrogen and oxygen atoms in total. The van der Waals surface area contributed by atoms with Crippen molar-refractivity contribution >= 4 is 27.3 Å². The highest BCUT2D eigenvalue weighted by Crippen LogP contribution is 2.23. The third-order valence-electron chi connectivity index (χ3n) is 2.33. The molecule has 19 heavy (non-hydrogen) atoms. The van der Waals surface area contributed by atoms with Gasteiger partial charge in [-0.15, -0.1) is 11.3 Å². The molecule has 0 unspecified atom stereocenters. The van der Waals surface area contributed by atoms with Crippen molar-refractivity contribution in [1.29, 1.82) is 0 Å². The number of sulfonamides is 1. The number of aromatic nitrogens is 1. The summed E-state index contributed by atoms with van der Waals surface area (Å²) in [6.07, 6.45) is 1.32. The molecule has 1 rings (SSSR count). The van der Waals surface area contributed by atoms with Crippen molar-refractivity contribution in [3.8, 4) is 0 Å². The van der Waals surface area contributed by atoms with Crippen molar-refractivity contribution in [3.05, 3.63) is 11.2 Å². The highest BCUT2D eigenvalue weighted by Gasteiger charge is 2.31. The van der Waals surface area contributed by atoms with Crippen molar-refractivity contribution in [2.45, 2.75) is 37.9 Å². The molecule has 1 heterocycles. The lowest BCUT2D eigenvalue weighted by Gasteiger charge is -2.23. The summed E-state index contributed by atoms with van der Waals surface area (Å²) in [4.78, 5) is 15.4. The van der Waals surface area contributed by atoms with Gasteiger partial charge in [-0.1, -0.05) is 0 Å². The van der Waals surface area contributed by atoms with Gasteiger partial charge in [0, 0.05) is 6.04 Å². The van der Waals surface area contributed by atoms with E-state index in [9.17, 15) is 13.2 Å². The third kappa shape index (κ3) is 3.99. The summed E-state index contributed by atoms with van der Waals surface area (Å²) in [5.41, 5.74) is 0. The average Bonchev–Trinajstić information content (AvgIpc) is 2.73. The van der Waals surface area contributed by atoms with Gasteiger partial charge in [-0.3, -0.25) is 4.79 Å². The van der Waals surface area contributed by atoms with E-state index in [1.807, 2.05) is 0 Å². The van der Waals surface area contributed by atoms with Gasteiger partial charge in [0.2, 0.25) is 0 Å². The van der Waals surface area contributed by atoms with Crippen LogP contribution in [0.3, 0.4) is 0 Å². The molecule has 0 spiro atoms. The van der Waals surface area contributed by atoms with Gasteiger partial charge in [0.05, 0.1) is 17.8 Å². The van der Waals surface area contributed by atoms with E-state index in [0.29, 0.717) is 5.01 Å². The SMILES string of the molecule is CCOC(=O)CN(C(C)C)S(=O)(=O)c1cnc(C)s1. The minimum atomic E-state index is -3.70. The number of aryl methyl sites for hydroxylation is 1. The molecule has 8 heteroatoms. The highest BCUT2D eigenvalue weighted by molar-refractivity contribution is 7.91. The fourth-order valence-corrected chi connectivity index (χ4v) is 4.28. The van der Waals surface area contributed by atoms with Crippen molar-refractivity contribution in [2.24, 2.45) is 0 Å². The van der Waals surface area contributed by atoms with E-state index in [1.54, 1.807) is 27.7 Å². The van der Waals surface area contributed by atoms with E-state index in [-0.39, 0.29) is 23.4 Å². The van der Waals surface area contributed by atoms with Gasteiger partial charge in [-0.05, 0) is 27.7 Å². The fourth-order valence-electron chi connectivity index (χ4n) is 1.46. The smallest absolute Gasteiger partial charge is 0.321 e. The van der Waals surface area contributed by atoms with Gasteiger partial charge in [0.15, 0.2) is 4.21 Å². The van der Waals surface area contributed by atoms with Gasteiger partial charge in [0.1, 0.15) is 6.54 Å². The largest absolute Gasteiger partial charge is 0.465 e. The molecule has 0 saturated carbocycles. The Balaban J connectivity index is 3.02. The lowest BCUT2D eigenvalue weighted by atomic mass is 10.4. The van der Waals surface area contributed by atoms with Crippen LogP contribution in [0, 0.1) is 6.92 Å². The molecule has 0 fully saturated rings. The van der Waals surface area contributed by atoms with Crippen LogP contribution in [0.1, 0.15) is 25.8 Å². The van der Waals surface area contributed by atoms with Crippen LogP contribution in [-0.2, 0) is 19.6 Å². The number of thiazole rings is 1. The van der Waals surface area contributed by atoms with Crippen LogP contribution in [-0.4, -0.2) is 42.9 Å². The van der Waals surface area contributed by atoms with Crippen LogP contribution in [0.15, 0.2) is 10.4 Å². The fraction of sp³-hybridized carbons (Fsp3) is 0.636. The molecule has 0 atom stereocenters. The molecule has 0 radical (unpaired) electrons. The molecule has 0 N–H and O–H groups in total. The molecule has 0 aromatic carbocycles. The molecule has 0 amide bonds. The van der Waals surface area contributed by atoms with E-state index in [0.717, 1.165) is 15.6 Å². The Morgan fingerprint density at radius 1 is 1.53 bits per heavy atom. The lowest BCUT2D eigenvalue weighted by molar-refractivity contribution is -0.143. The Labute approximate surface area is 117 Å². The molecule has 0 aliphatic carbocycles. The summed E-state index contributed by atoms with van der Waals surface area (Å²) in [5, 5.41) is 0.665. The van der Waals surface area contributed by atoms with Crippen LogP contribution >= 0.6 is 11.3 Å². The van der Waals surface area contributed by atoms with Crippen molar-refractivity contribution in [1.82, 2.24) is 9.29 Å². The predicted octanol–water partition coefficient (Wildman–Crippen LogP) is 1.41. The van der Waals surface area contributed by atoms with Crippen molar-refractivity contribution < 1.29 is 17.9 Å². The first-order valence-electron chi connectivity index (χ1n) is 5.89. The molecule has 0 saturated heterocycles. The van der Waals surface area contributed by atoms with E-state index >= 15 is 0 Å². The van der Waals surface area contributed by atoms with Gasteiger partial charge >= 0.3 is 5.97 Å². The second-order valence-corrected chi connectivity index (χ2v) is 7.50.